The van der Waals surface area contributed by atoms with Gasteiger partial charge in [0.25, 0.3) is 0 Å². The van der Waals surface area contributed by atoms with E-state index in [1.807, 2.05) is 0 Å². The van der Waals surface area contributed by atoms with Gasteiger partial charge in [0.15, 0.2) is 0 Å². The average molecular weight is 238 g/mol. The molecule has 0 aromatic heterocycles. The quantitative estimate of drug-likeness (QED) is 0.831. The van der Waals surface area contributed by atoms with Crippen LogP contribution in [0.5, 0.6) is 0 Å². The predicted molar refractivity (Wildman–Crippen MR) is 55.0 cm³/mol. The van der Waals surface area contributed by atoms with Crippen molar-refractivity contribution in [3.8, 4) is 0 Å². The van der Waals surface area contributed by atoms with Gasteiger partial charge in [-0.05, 0) is 19.1 Å². The highest BCUT2D eigenvalue weighted by Crippen LogP contribution is 2.32. The van der Waals surface area contributed by atoms with Crippen molar-refractivity contribution in [1.29, 1.82) is 0 Å². The third-order valence-corrected chi connectivity index (χ3v) is 2.46. The summed E-state index contributed by atoms with van der Waals surface area (Å²) in [6.45, 7) is 1.61. The SMILES string of the molecule is C[C@H](N)[C@H](O)c1c(Cl)cc(F)cc1Cl. The summed E-state index contributed by atoms with van der Waals surface area (Å²) in [6.07, 6.45) is -0.990. The van der Waals surface area contributed by atoms with Crippen molar-refractivity contribution in [2.24, 2.45) is 5.73 Å². The molecule has 5 heteroatoms. The van der Waals surface area contributed by atoms with Crippen LogP contribution in [0.1, 0.15) is 18.6 Å². The minimum absolute atomic E-state index is 0.0831. The summed E-state index contributed by atoms with van der Waals surface area (Å²) >= 11 is 11.5. The summed E-state index contributed by atoms with van der Waals surface area (Å²) in [5.74, 6) is -0.541. The Bertz CT molecular complexity index is 321. The zero-order valence-corrected chi connectivity index (χ0v) is 8.98. The molecule has 2 nitrogen and oxygen atoms in total. The van der Waals surface area contributed by atoms with E-state index >= 15 is 0 Å². The number of hydrogen-bond donors (Lipinski definition) is 2. The Labute approximate surface area is 91.4 Å². The number of aliphatic hydroxyl groups excluding tert-OH is 1. The molecule has 0 heterocycles. The van der Waals surface area contributed by atoms with E-state index in [-0.39, 0.29) is 15.6 Å². The van der Waals surface area contributed by atoms with Crippen molar-refractivity contribution in [2.75, 3.05) is 0 Å². The van der Waals surface area contributed by atoms with Gasteiger partial charge in [0.05, 0.1) is 16.1 Å². The summed E-state index contributed by atoms with van der Waals surface area (Å²) in [6, 6.07) is 1.67. The summed E-state index contributed by atoms with van der Waals surface area (Å²) in [4.78, 5) is 0. The molecule has 0 saturated carbocycles. The molecule has 14 heavy (non-hydrogen) atoms. The van der Waals surface area contributed by atoms with E-state index < -0.39 is 18.0 Å². The lowest BCUT2D eigenvalue weighted by Crippen LogP contribution is -2.25. The lowest BCUT2D eigenvalue weighted by atomic mass is 10.0. The van der Waals surface area contributed by atoms with Crippen LogP contribution >= 0.6 is 23.2 Å². The van der Waals surface area contributed by atoms with Gasteiger partial charge in [0.2, 0.25) is 0 Å². The minimum Gasteiger partial charge on any atom is -0.387 e. The first-order valence-corrected chi connectivity index (χ1v) is 4.77. The van der Waals surface area contributed by atoms with Gasteiger partial charge >= 0.3 is 0 Å². The van der Waals surface area contributed by atoms with E-state index in [4.69, 9.17) is 28.9 Å². The summed E-state index contributed by atoms with van der Waals surface area (Å²) < 4.78 is 12.8. The fourth-order valence-corrected chi connectivity index (χ4v) is 1.78. The Morgan fingerprint density at radius 2 is 1.79 bits per heavy atom. The van der Waals surface area contributed by atoms with Crippen LogP contribution in [0, 0.1) is 5.82 Å². The highest BCUT2D eigenvalue weighted by atomic mass is 35.5. The first kappa shape index (κ1) is 11.7. The molecule has 78 valence electrons. The first-order valence-electron chi connectivity index (χ1n) is 4.01. The molecule has 3 N–H and O–H groups in total. The van der Waals surface area contributed by atoms with Crippen molar-refractivity contribution < 1.29 is 9.50 Å². The number of halogens is 3. The molecule has 1 aromatic rings. The van der Waals surface area contributed by atoms with Gasteiger partial charge in [-0.3, -0.25) is 0 Å². The Hall–Kier alpha value is -0.350. The monoisotopic (exact) mass is 237 g/mol. The normalized spacial score (nSPS) is 15.3. The predicted octanol–water partition coefficient (Wildman–Crippen LogP) is 2.51. The maximum Gasteiger partial charge on any atom is 0.126 e. The van der Waals surface area contributed by atoms with E-state index in [0.29, 0.717) is 0 Å². The molecule has 0 aliphatic carbocycles. The highest BCUT2D eigenvalue weighted by molar-refractivity contribution is 6.36. The largest absolute Gasteiger partial charge is 0.387 e. The molecule has 1 rings (SSSR count). The smallest absolute Gasteiger partial charge is 0.126 e. The second-order valence-corrected chi connectivity index (χ2v) is 3.90. The molecule has 0 aliphatic heterocycles. The number of nitrogens with two attached hydrogens (primary N) is 1. The Morgan fingerprint density at radius 3 is 2.14 bits per heavy atom. The van der Waals surface area contributed by atoms with Gasteiger partial charge < -0.3 is 10.8 Å². The van der Waals surface area contributed by atoms with Crippen molar-refractivity contribution in [3.05, 3.63) is 33.6 Å². The standard InChI is InChI=1S/C9H10Cl2FNO/c1-4(13)9(14)8-6(10)2-5(12)3-7(8)11/h2-4,9,14H,13H2,1H3/t4-,9-/m0/s1. The van der Waals surface area contributed by atoms with Crippen LogP contribution in [0.3, 0.4) is 0 Å². The number of aliphatic hydroxyl groups is 1. The maximum atomic E-state index is 12.8. The van der Waals surface area contributed by atoms with Gasteiger partial charge in [0.1, 0.15) is 5.82 Å². The van der Waals surface area contributed by atoms with Crippen molar-refractivity contribution in [2.45, 2.75) is 19.1 Å². The van der Waals surface area contributed by atoms with Gasteiger partial charge in [-0.1, -0.05) is 23.2 Å². The molecular formula is C9H10Cl2FNO. The van der Waals surface area contributed by atoms with Crippen molar-refractivity contribution in [1.82, 2.24) is 0 Å². The van der Waals surface area contributed by atoms with Crippen LogP contribution in [-0.4, -0.2) is 11.1 Å². The maximum absolute atomic E-state index is 12.8. The van der Waals surface area contributed by atoms with Crippen LogP contribution in [0.15, 0.2) is 12.1 Å². The van der Waals surface area contributed by atoms with Crippen LogP contribution < -0.4 is 5.73 Å². The molecule has 0 bridgehead atoms. The van der Waals surface area contributed by atoms with E-state index in [1.54, 1.807) is 6.92 Å². The molecule has 2 atom stereocenters. The van der Waals surface area contributed by atoms with E-state index in [1.165, 1.54) is 0 Å². The second kappa shape index (κ2) is 4.45. The molecular weight excluding hydrogens is 228 g/mol. The zero-order chi connectivity index (χ0) is 10.9. The molecule has 0 amide bonds. The number of hydrogen-bond acceptors (Lipinski definition) is 2. The average Bonchev–Trinajstić information content (AvgIpc) is 2.01. The Morgan fingerprint density at radius 1 is 1.36 bits per heavy atom. The van der Waals surface area contributed by atoms with Gasteiger partial charge in [-0.25, -0.2) is 4.39 Å². The minimum atomic E-state index is -0.990. The van der Waals surface area contributed by atoms with Gasteiger partial charge in [-0.2, -0.15) is 0 Å². The van der Waals surface area contributed by atoms with Gasteiger partial charge in [-0.15, -0.1) is 0 Å². The van der Waals surface area contributed by atoms with Crippen LogP contribution in [0.2, 0.25) is 10.0 Å². The zero-order valence-electron chi connectivity index (χ0n) is 7.47. The lowest BCUT2D eigenvalue weighted by Gasteiger charge is -2.17. The molecule has 0 aliphatic rings. The summed E-state index contributed by atoms with van der Waals surface area (Å²) in [5.41, 5.74) is 5.75. The Kier molecular flexibility index (Phi) is 3.72. The number of benzene rings is 1. The fourth-order valence-electron chi connectivity index (χ4n) is 1.10. The summed E-state index contributed by atoms with van der Waals surface area (Å²) in [7, 11) is 0. The Balaban J connectivity index is 3.20. The van der Waals surface area contributed by atoms with Gasteiger partial charge in [0, 0.05) is 11.6 Å². The molecule has 0 spiro atoms. The van der Waals surface area contributed by atoms with E-state index in [0.717, 1.165) is 12.1 Å². The lowest BCUT2D eigenvalue weighted by molar-refractivity contribution is 0.153. The summed E-state index contributed by atoms with van der Waals surface area (Å²) in [5, 5.41) is 9.80. The molecule has 0 radical (unpaired) electrons. The molecule has 0 fully saturated rings. The number of rotatable bonds is 2. The van der Waals surface area contributed by atoms with E-state index in [2.05, 4.69) is 0 Å². The van der Waals surface area contributed by atoms with Crippen LogP contribution in [-0.2, 0) is 0 Å². The van der Waals surface area contributed by atoms with Crippen LogP contribution in [0.4, 0.5) is 4.39 Å². The topological polar surface area (TPSA) is 46.2 Å². The molecule has 0 saturated heterocycles. The highest BCUT2D eigenvalue weighted by Gasteiger charge is 2.19. The third-order valence-electron chi connectivity index (χ3n) is 1.84. The first-order chi connectivity index (χ1) is 6.43. The van der Waals surface area contributed by atoms with Crippen molar-refractivity contribution in [3.63, 3.8) is 0 Å². The molecule has 1 aromatic carbocycles. The van der Waals surface area contributed by atoms with E-state index in [9.17, 15) is 9.50 Å². The molecule has 0 unspecified atom stereocenters. The third kappa shape index (κ3) is 2.36. The van der Waals surface area contributed by atoms with Crippen LogP contribution in [0.25, 0.3) is 0 Å². The second-order valence-electron chi connectivity index (χ2n) is 3.09. The van der Waals surface area contributed by atoms with Crippen molar-refractivity contribution >= 4 is 23.2 Å². The fraction of sp³-hybridized carbons (Fsp3) is 0.333.